The molecule has 33 heavy (non-hydrogen) atoms. The largest absolute Gasteiger partial charge is 0.497 e. The van der Waals surface area contributed by atoms with E-state index in [0.29, 0.717) is 43.4 Å². The number of amides is 2. The number of hydrogen-bond acceptors (Lipinski definition) is 7. The summed E-state index contributed by atoms with van der Waals surface area (Å²) in [6.07, 6.45) is 3.83. The Morgan fingerprint density at radius 2 is 1.85 bits per heavy atom. The molecule has 2 amide bonds. The van der Waals surface area contributed by atoms with Crippen LogP contribution in [0.3, 0.4) is 0 Å². The van der Waals surface area contributed by atoms with Gasteiger partial charge in [0.05, 0.1) is 23.9 Å². The van der Waals surface area contributed by atoms with Crippen LogP contribution in [0.5, 0.6) is 5.75 Å². The predicted molar refractivity (Wildman–Crippen MR) is 127 cm³/mol. The van der Waals surface area contributed by atoms with E-state index in [4.69, 9.17) is 9.47 Å². The maximum atomic E-state index is 12.6. The lowest BCUT2D eigenvalue weighted by atomic mass is 10.2. The predicted octanol–water partition coefficient (Wildman–Crippen LogP) is 1.99. The standard InChI is InChI=1S/C22H31N3O6S2/c1-3-31-13-12-25-18-9-8-17(30-2)14-19(18)32-22(25)23-20(26)15-33(28,29)16-21(27)24-10-6-4-5-7-11-24/h8-9,14H,3-7,10-13,15-16H2,1-2H3. The van der Waals surface area contributed by atoms with Crippen molar-refractivity contribution in [3.05, 3.63) is 23.0 Å². The molecule has 0 aliphatic carbocycles. The van der Waals surface area contributed by atoms with Crippen molar-refractivity contribution in [1.82, 2.24) is 9.47 Å². The second-order valence-corrected chi connectivity index (χ2v) is 11.0. The molecule has 9 nitrogen and oxygen atoms in total. The fraction of sp³-hybridized carbons (Fsp3) is 0.591. The van der Waals surface area contributed by atoms with Crippen LogP contribution in [0.4, 0.5) is 0 Å². The zero-order chi connectivity index (χ0) is 23.8. The highest BCUT2D eigenvalue weighted by atomic mass is 32.2. The number of methoxy groups -OCH3 is 1. The molecule has 1 aromatic carbocycles. The van der Waals surface area contributed by atoms with E-state index in [9.17, 15) is 18.0 Å². The number of benzene rings is 1. The topological polar surface area (TPSA) is 107 Å². The van der Waals surface area contributed by atoms with Crippen molar-refractivity contribution < 1.29 is 27.5 Å². The van der Waals surface area contributed by atoms with Gasteiger partial charge in [0.15, 0.2) is 14.6 Å². The molecule has 1 fully saturated rings. The molecule has 0 atom stereocenters. The fourth-order valence-electron chi connectivity index (χ4n) is 3.76. The number of hydrogen-bond donors (Lipinski definition) is 0. The summed E-state index contributed by atoms with van der Waals surface area (Å²) < 4.78 is 38.5. The van der Waals surface area contributed by atoms with Crippen molar-refractivity contribution in [2.24, 2.45) is 4.99 Å². The molecule has 0 bridgehead atoms. The smallest absolute Gasteiger partial charge is 0.263 e. The highest BCUT2D eigenvalue weighted by molar-refractivity contribution is 7.92. The first-order chi connectivity index (χ1) is 15.8. The number of likely N-dealkylation sites (tertiary alicyclic amines) is 1. The molecule has 1 aromatic heterocycles. The van der Waals surface area contributed by atoms with Crippen molar-refractivity contribution >= 4 is 43.2 Å². The monoisotopic (exact) mass is 497 g/mol. The summed E-state index contributed by atoms with van der Waals surface area (Å²) in [5, 5.41) is 0. The number of nitrogens with zero attached hydrogens (tertiary/aromatic N) is 3. The minimum absolute atomic E-state index is 0.386. The fourth-order valence-corrected chi connectivity index (χ4v) is 5.96. The van der Waals surface area contributed by atoms with Crippen molar-refractivity contribution in [3.8, 4) is 5.75 Å². The van der Waals surface area contributed by atoms with Gasteiger partial charge in [-0.05, 0) is 38.0 Å². The Kier molecular flexibility index (Phi) is 9.04. The van der Waals surface area contributed by atoms with Gasteiger partial charge in [-0.3, -0.25) is 9.59 Å². The van der Waals surface area contributed by atoms with Crippen LogP contribution in [0.1, 0.15) is 32.6 Å². The molecule has 2 aromatic rings. The number of ether oxygens (including phenoxy) is 2. The van der Waals surface area contributed by atoms with Crippen molar-refractivity contribution in [3.63, 3.8) is 0 Å². The lowest BCUT2D eigenvalue weighted by Gasteiger charge is -2.19. The molecule has 1 saturated heterocycles. The third-order valence-corrected chi connectivity index (χ3v) is 7.83. The first kappa shape index (κ1) is 25.4. The van der Waals surface area contributed by atoms with E-state index in [0.717, 1.165) is 35.9 Å². The Balaban J connectivity index is 1.79. The highest BCUT2D eigenvalue weighted by Gasteiger charge is 2.25. The van der Waals surface area contributed by atoms with E-state index in [1.165, 1.54) is 11.3 Å². The van der Waals surface area contributed by atoms with E-state index < -0.39 is 33.2 Å². The molecular formula is C22H31N3O6S2. The summed E-state index contributed by atoms with van der Waals surface area (Å²) in [7, 11) is -2.35. The van der Waals surface area contributed by atoms with Crippen LogP contribution in [0.25, 0.3) is 10.2 Å². The molecule has 182 valence electrons. The normalized spacial score (nSPS) is 15.6. The van der Waals surface area contributed by atoms with Gasteiger partial charge >= 0.3 is 0 Å². The van der Waals surface area contributed by atoms with Crippen molar-refractivity contribution in [1.29, 1.82) is 0 Å². The average Bonchev–Trinajstić information content (AvgIpc) is 2.93. The lowest BCUT2D eigenvalue weighted by Crippen LogP contribution is -2.37. The number of fused-ring (bicyclic) bond motifs is 1. The van der Waals surface area contributed by atoms with Crippen LogP contribution in [0.15, 0.2) is 23.2 Å². The SMILES string of the molecule is CCOCCn1c(=NC(=O)CS(=O)(=O)CC(=O)N2CCCCCC2)sc2cc(OC)ccc21. The summed E-state index contributed by atoms with van der Waals surface area (Å²) >= 11 is 1.27. The van der Waals surface area contributed by atoms with E-state index in [1.807, 2.05) is 29.7 Å². The first-order valence-electron chi connectivity index (χ1n) is 11.1. The van der Waals surface area contributed by atoms with Crippen LogP contribution in [-0.2, 0) is 30.7 Å². The minimum Gasteiger partial charge on any atom is -0.497 e. The Morgan fingerprint density at radius 1 is 1.12 bits per heavy atom. The van der Waals surface area contributed by atoms with Gasteiger partial charge in [-0.15, -0.1) is 0 Å². The van der Waals surface area contributed by atoms with E-state index in [2.05, 4.69) is 4.99 Å². The maximum Gasteiger partial charge on any atom is 0.263 e. The molecular weight excluding hydrogens is 466 g/mol. The number of aromatic nitrogens is 1. The average molecular weight is 498 g/mol. The number of rotatable bonds is 9. The minimum atomic E-state index is -3.92. The van der Waals surface area contributed by atoms with Crippen LogP contribution in [0, 0.1) is 0 Å². The molecule has 0 radical (unpaired) electrons. The Hall–Kier alpha value is -2.24. The van der Waals surface area contributed by atoms with Gasteiger partial charge in [0.2, 0.25) is 5.91 Å². The quantitative estimate of drug-likeness (QED) is 0.491. The van der Waals surface area contributed by atoms with E-state index in [1.54, 1.807) is 12.0 Å². The lowest BCUT2D eigenvalue weighted by molar-refractivity contribution is -0.128. The van der Waals surface area contributed by atoms with Gasteiger partial charge in [-0.25, -0.2) is 8.42 Å². The van der Waals surface area contributed by atoms with Gasteiger partial charge < -0.3 is 18.9 Å². The van der Waals surface area contributed by atoms with E-state index in [-0.39, 0.29) is 0 Å². The Bertz CT molecular complexity index is 1140. The van der Waals surface area contributed by atoms with Crippen LogP contribution in [0.2, 0.25) is 0 Å². The van der Waals surface area contributed by atoms with Gasteiger partial charge in [0, 0.05) is 26.2 Å². The third kappa shape index (κ3) is 7.12. The van der Waals surface area contributed by atoms with E-state index >= 15 is 0 Å². The highest BCUT2D eigenvalue weighted by Crippen LogP contribution is 2.23. The molecule has 0 N–H and O–H groups in total. The summed E-state index contributed by atoms with van der Waals surface area (Å²) in [6, 6.07) is 5.53. The summed E-state index contributed by atoms with van der Waals surface area (Å²) in [4.78, 5) is 31.1. The van der Waals surface area contributed by atoms with Crippen molar-refractivity contribution in [2.45, 2.75) is 39.2 Å². The number of carbonyl (C=O) groups excluding carboxylic acids is 2. The van der Waals surface area contributed by atoms with Crippen molar-refractivity contribution in [2.75, 3.05) is 44.9 Å². The molecule has 0 unspecified atom stereocenters. The second kappa shape index (κ2) is 11.8. The van der Waals surface area contributed by atoms with Crippen LogP contribution < -0.4 is 9.54 Å². The zero-order valence-corrected chi connectivity index (χ0v) is 20.8. The van der Waals surface area contributed by atoms with Gasteiger partial charge in [0.1, 0.15) is 17.3 Å². The second-order valence-electron chi connectivity index (χ2n) is 7.90. The third-order valence-electron chi connectivity index (χ3n) is 5.42. The molecule has 1 aliphatic heterocycles. The van der Waals surface area contributed by atoms with Gasteiger partial charge in [0.25, 0.3) is 5.91 Å². The summed E-state index contributed by atoms with van der Waals surface area (Å²) in [5.74, 6) is -2.02. The molecule has 1 aliphatic rings. The van der Waals surface area contributed by atoms with Crippen LogP contribution >= 0.6 is 11.3 Å². The summed E-state index contributed by atoms with van der Waals surface area (Å²) in [5.41, 5.74) is 0.853. The van der Waals surface area contributed by atoms with Gasteiger partial charge in [-0.2, -0.15) is 4.99 Å². The molecule has 0 saturated carbocycles. The number of thiazole rings is 1. The van der Waals surface area contributed by atoms with Gasteiger partial charge in [-0.1, -0.05) is 24.2 Å². The first-order valence-corrected chi connectivity index (χ1v) is 13.8. The number of carbonyl (C=O) groups is 2. The van der Waals surface area contributed by atoms with Crippen LogP contribution in [-0.4, -0.2) is 74.6 Å². The Morgan fingerprint density at radius 3 is 2.52 bits per heavy atom. The zero-order valence-electron chi connectivity index (χ0n) is 19.1. The number of sulfone groups is 1. The molecule has 3 rings (SSSR count). The molecule has 0 spiro atoms. The summed E-state index contributed by atoms with van der Waals surface area (Å²) in [6.45, 7) is 4.49. The Labute approximate surface area is 197 Å². The maximum absolute atomic E-state index is 12.6. The molecule has 11 heteroatoms. The molecule has 2 heterocycles.